The lowest BCUT2D eigenvalue weighted by Gasteiger charge is -1.95. The Hall–Kier alpha value is -1.03. The van der Waals surface area contributed by atoms with Crippen LogP contribution < -0.4 is 0 Å². The molecular formula is C6H7ClO4. The summed E-state index contributed by atoms with van der Waals surface area (Å²) in [6.07, 6.45) is 1.39. The normalized spacial score (nSPS) is 9.64. The Kier molecular flexibility index (Phi) is 5.20. The minimum Gasteiger partial charge on any atom is -0.403 e. The Bertz CT molecular complexity index is 175. The molecule has 0 bridgehead atoms. The Morgan fingerprint density at radius 2 is 2.18 bits per heavy atom. The molecule has 4 nitrogen and oxygen atoms in total. The summed E-state index contributed by atoms with van der Waals surface area (Å²) in [6.45, 7) is 1.10. The number of hydrogen-bond acceptors (Lipinski definition) is 4. The molecule has 0 N–H and O–H groups in total. The molecule has 0 aliphatic rings. The maximum atomic E-state index is 10.4. The van der Waals surface area contributed by atoms with Gasteiger partial charge in [0.2, 0.25) is 0 Å². The highest BCUT2D eigenvalue weighted by atomic mass is 35.5. The number of carbonyl (C=O) groups is 2. The summed E-state index contributed by atoms with van der Waals surface area (Å²) in [7, 11) is 0. The zero-order valence-electron chi connectivity index (χ0n) is 5.87. The molecule has 0 aromatic heterocycles. The van der Waals surface area contributed by atoms with Gasteiger partial charge in [-0.2, -0.15) is 0 Å². The molecule has 0 saturated carbocycles. The first-order valence-electron chi connectivity index (χ1n) is 2.77. The molecule has 5 heteroatoms. The Morgan fingerprint density at radius 1 is 1.55 bits per heavy atom. The van der Waals surface area contributed by atoms with Gasteiger partial charge in [0, 0.05) is 12.8 Å². The lowest BCUT2D eigenvalue weighted by atomic mass is 10.7. The van der Waals surface area contributed by atoms with E-state index in [0.717, 1.165) is 13.2 Å². The van der Waals surface area contributed by atoms with E-state index in [1.807, 2.05) is 0 Å². The summed E-state index contributed by atoms with van der Waals surface area (Å²) in [4.78, 5) is 20.5. The van der Waals surface area contributed by atoms with Crippen LogP contribution in [0.5, 0.6) is 0 Å². The Labute approximate surface area is 68.7 Å². The largest absolute Gasteiger partial charge is 0.521 e. The van der Waals surface area contributed by atoms with E-state index in [1.54, 1.807) is 0 Å². The zero-order valence-corrected chi connectivity index (χ0v) is 6.63. The number of halogens is 1. The monoisotopic (exact) mass is 178 g/mol. The van der Waals surface area contributed by atoms with Gasteiger partial charge in [-0.15, -0.1) is 11.6 Å². The fourth-order valence-electron chi connectivity index (χ4n) is 0.281. The molecule has 11 heavy (non-hydrogen) atoms. The molecule has 0 unspecified atom stereocenters. The van der Waals surface area contributed by atoms with E-state index in [1.165, 1.54) is 6.08 Å². The van der Waals surface area contributed by atoms with Crippen molar-refractivity contribution in [2.75, 3.05) is 5.88 Å². The molecule has 0 atom stereocenters. The van der Waals surface area contributed by atoms with Gasteiger partial charge in [-0.25, -0.2) is 4.79 Å². The van der Waals surface area contributed by atoms with Gasteiger partial charge in [-0.1, -0.05) is 0 Å². The number of carbonyl (C=O) groups excluding carboxylic acids is 2. The first kappa shape index (κ1) is 9.97. The van der Waals surface area contributed by atoms with Crippen molar-refractivity contribution in [2.45, 2.75) is 6.92 Å². The number of esters is 1. The lowest BCUT2D eigenvalue weighted by molar-refractivity contribution is -0.136. The Morgan fingerprint density at radius 3 is 2.64 bits per heavy atom. The summed E-state index contributed by atoms with van der Waals surface area (Å²) in [6, 6.07) is 0. The van der Waals surface area contributed by atoms with Crippen molar-refractivity contribution in [2.24, 2.45) is 0 Å². The summed E-state index contributed by atoms with van der Waals surface area (Å²) in [5.41, 5.74) is 0. The highest BCUT2D eigenvalue weighted by Gasteiger charge is 2.03. The minimum absolute atomic E-state index is 0.230. The minimum atomic E-state index is -1.06. The zero-order chi connectivity index (χ0) is 8.69. The molecule has 0 saturated heterocycles. The number of rotatable bonds is 2. The van der Waals surface area contributed by atoms with E-state index >= 15 is 0 Å². The first-order valence-corrected chi connectivity index (χ1v) is 3.30. The second kappa shape index (κ2) is 5.73. The van der Waals surface area contributed by atoms with Gasteiger partial charge >= 0.3 is 12.1 Å². The number of alkyl halides is 1. The average molecular weight is 179 g/mol. The second-order valence-electron chi connectivity index (χ2n) is 1.49. The van der Waals surface area contributed by atoms with Crippen LogP contribution in [0.2, 0.25) is 0 Å². The molecule has 0 fully saturated rings. The second-order valence-corrected chi connectivity index (χ2v) is 1.80. The first-order chi connectivity index (χ1) is 5.16. The van der Waals surface area contributed by atoms with Crippen LogP contribution in [-0.4, -0.2) is 18.0 Å². The van der Waals surface area contributed by atoms with Crippen LogP contribution >= 0.6 is 11.6 Å². The van der Waals surface area contributed by atoms with Crippen molar-refractivity contribution in [3.8, 4) is 0 Å². The molecule has 0 spiro atoms. The fourth-order valence-corrected chi connectivity index (χ4v) is 0.354. The molecule has 0 aromatic carbocycles. The third-order valence-electron chi connectivity index (χ3n) is 0.577. The van der Waals surface area contributed by atoms with Gasteiger partial charge in [-0.05, 0) is 6.08 Å². The fraction of sp³-hybridized carbons (Fsp3) is 0.333. The van der Waals surface area contributed by atoms with E-state index in [0.29, 0.717) is 0 Å². The van der Waals surface area contributed by atoms with Gasteiger partial charge < -0.3 is 9.47 Å². The molecule has 0 amide bonds. The van der Waals surface area contributed by atoms with E-state index in [2.05, 4.69) is 9.47 Å². The van der Waals surface area contributed by atoms with Gasteiger partial charge in [-0.3, -0.25) is 4.79 Å². The van der Waals surface area contributed by atoms with E-state index in [-0.39, 0.29) is 5.88 Å². The quantitative estimate of drug-likeness (QED) is 0.278. The van der Waals surface area contributed by atoms with Crippen LogP contribution in [0.4, 0.5) is 4.79 Å². The highest BCUT2D eigenvalue weighted by molar-refractivity contribution is 6.18. The van der Waals surface area contributed by atoms with Crippen LogP contribution in [0.1, 0.15) is 6.92 Å². The van der Waals surface area contributed by atoms with Gasteiger partial charge in [0.15, 0.2) is 0 Å². The predicted octanol–water partition coefficient (Wildman–Crippen LogP) is 1.44. The van der Waals surface area contributed by atoms with Crippen molar-refractivity contribution in [3.63, 3.8) is 0 Å². The third-order valence-corrected chi connectivity index (χ3v) is 0.755. The predicted molar refractivity (Wildman–Crippen MR) is 38.1 cm³/mol. The van der Waals surface area contributed by atoms with Gasteiger partial charge in [0.1, 0.15) is 0 Å². The molecule has 0 rings (SSSR count). The molecule has 0 aliphatic carbocycles. The lowest BCUT2D eigenvalue weighted by Crippen LogP contribution is -2.07. The van der Waals surface area contributed by atoms with Crippen molar-refractivity contribution >= 4 is 23.7 Å². The van der Waals surface area contributed by atoms with Crippen molar-refractivity contribution in [1.29, 1.82) is 0 Å². The van der Waals surface area contributed by atoms with E-state index in [4.69, 9.17) is 11.6 Å². The average Bonchev–Trinajstić information content (AvgIpc) is 1.86. The molecule has 0 heterocycles. The van der Waals surface area contributed by atoms with E-state index < -0.39 is 12.1 Å². The van der Waals surface area contributed by atoms with Crippen molar-refractivity contribution in [1.82, 2.24) is 0 Å². The summed E-state index contributed by atoms with van der Waals surface area (Å²) < 4.78 is 8.25. The summed E-state index contributed by atoms with van der Waals surface area (Å²) >= 11 is 5.20. The summed E-state index contributed by atoms with van der Waals surface area (Å²) in [5, 5.41) is 0. The van der Waals surface area contributed by atoms with Crippen molar-refractivity contribution < 1.29 is 19.1 Å². The summed E-state index contributed by atoms with van der Waals surface area (Å²) in [5.74, 6) is -0.484. The van der Waals surface area contributed by atoms with Crippen LogP contribution in [0, 0.1) is 0 Å². The number of hydrogen-bond donors (Lipinski definition) is 0. The van der Waals surface area contributed by atoms with Crippen LogP contribution in [-0.2, 0) is 14.3 Å². The van der Waals surface area contributed by atoms with Crippen LogP contribution in [0.3, 0.4) is 0 Å². The number of allylic oxidation sites excluding steroid dienone is 1. The molecule has 0 aromatic rings. The topological polar surface area (TPSA) is 52.6 Å². The molecule has 62 valence electrons. The van der Waals surface area contributed by atoms with Gasteiger partial charge in [0.05, 0.1) is 6.26 Å². The standard InChI is InChI=1S/C6H7ClO4/c1-5(8)11-6(9)10-4-2-3-7/h2,4H,3H2,1H3/b4-2+. The van der Waals surface area contributed by atoms with E-state index in [9.17, 15) is 9.59 Å². The van der Waals surface area contributed by atoms with Gasteiger partial charge in [0.25, 0.3) is 0 Å². The molecular weight excluding hydrogens is 172 g/mol. The maximum Gasteiger partial charge on any atom is 0.521 e. The van der Waals surface area contributed by atoms with Crippen LogP contribution in [0.15, 0.2) is 12.3 Å². The maximum absolute atomic E-state index is 10.4. The highest BCUT2D eigenvalue weighted by Crippen LogP contribution is 1.87. The Balaban J connectivity index is 3.53. The van der Waals surface area contributed by atoms with Crippen LogP contribution in [0.25, 0.3) is 0 Å². The third kappa shape index (κ3) is 6.86. The number of ether oxygens (including phenoxy) is 2. The SMILES string of the molecule is CC(=O)OC(=O)O/C=C/CCl. The molecule has 0 radical (unpaired) electrons. The molecule has 0 aliphatic heterocycles. The smallest absolute Gasteiger partial charge is 0.403 e. The van der Waals surface area contributed by atoms with Crippen molar-refractivity contribution in [3.05, 3.63) is 12.3 Å².